The van der Waals surface area contributed by atoms with E-state index in [1.54, 1.807) is 11.8 Å². The number of hydrogen-bond acceptors (Lipinski definition) is 3. The van der Waals surface area contributed by atoms with E-state index in [1.807, 2.05) is 13.2 Å². The molecule has 1 aromatic carbocycles. The molecular formula is C12H16F2N2S2. The van der Waals surface area contributed by atoms with Gasteiger partial charge in [-0.05, 0) is 30.1 Å². The van der Waals surface area contributed by atoms with E-state index in [4.69, 9.17) is 5.73 Å². The van der Waals surface area contributed by atoms with Crippen molar-refractivity contribution in [3.8, 4) is 0 Å². The number of nitrogens with one attached hydrogen (secondary N) is 1. The summed E-state index contributed by atoms with van der Waals surface area (Å²) in [5.74, 6) is -0.0846. The summed E-state index contributed by atoms with van der Waals surface area (Å²) < 4.78 is 27.4. The van der Waals surface area contributed by atoms with Crippen molar-refractivity contribution in [3.63, 3.8) is 0 Å². The molecule has 0 saturated carbocycles. The average molecular weight is 290 g/mol. The fraction of sp³-hybridized carbons (Fsp3) is 0.417. The second kappa shape index (κ2) is 6.89. The predicted molar refractivity (Wildman–Crippen MR) is 78.3 cm³/mol. The van der Waals surface area contributed by atoms with E-state index in [9.17, 15) is 8.78 Å². The summed E-state index contributed by atoms with van der Waals surface area (Å²) in [5.41, 5.74) is 5.41. The molecular weight excluding hydrogens is 274 g/mol. The number of benzene rings is 1. The first kappa shape index (κ1) is 15.2. The second-order valence-electron chi connectivity index (χ2n) is 4.12. The Hall–Kier alpha value is -0.880. The molecule has 0 amide bonds. The highest BCUT2D eigenvalue weighted by Crippen LogP contribution is 2.21. The highest BCUT2D eigenvalue weighted by atomic mass is 32.2. The van der Waals surface area contributed by atoms with Crippen LogP contribution in [0.3, 0.4) is 0 Å². The van der Waals surface area contributed by atoms with Gasteiger partial charge in [0.05, 0.1) is 0 Å². The van der Waals surface area contributed by atoms with Gasteiger partial charge in [0.2, 0.25) is 0 Å². The zero-order chi connectivity index (χ0) is 13.7. The maximum atomic E-state index is 13.7. The number of hydrogen-bond donors (Lipinski definition) is 2. The van der Waals surface area contributed by atoms with E-state index in [-0.39, 0.29) is 16.2 Å². The maximum absolute atomic E-state index is 13.7. The molecule has 0 saturated heterocycles. The van der Waals surface area contributed by atoms with Crippen molar-refractivity contribution in [3.05, 3.63) is 29.3 Å². The molecule has 2 nitrogen and oxygen atoms in total. The summed E-state index contributed by atoms with van der Waals surface area (Å²) in [4.78, 5) is -0.0184. The molecule has 100 valence electrons. The molecule has 0 aliphatic carbocycles. The Kier molecular flexibility index (Phi) is 5.81. The van der Waals surface area contributed by atoms with Crippen LogP contribution in [-0.2, 0) is 0 Å². The van der Waals surface area contributed by atoms with Crippen LogP contribution in [0, 0.1) is 17.6 Å². The van der Waals surface area contributed by atoms with Gasteiger partial charge in [-0.15, -0.1) is 0 Å². The summed E-state index contributed by atoms with van der Waals surface area (Å²) in [6.07, 6.45) is 1.99. The van der Waals surface area contributed by atoms with Gasteiger partial charge >= 0.3 is 0 Å². The van der Waals surface area contributed by atoms with Gasteiger partial charge in [-0.25, -0.2) is 8.78 Å². The van der Waals surface area contributed by atoms with Crippen LogP contribution in [0.2, 0.25) is 0 Å². The Bertz CT molecular complexity index is 415. The minimum atomic E-state index is -0.672. The lowest BCUT2D eigenvalue weighted by Crippen LogP contribution is -2.16. The molecule has 0 fully saturated rings. The summed E-state index contributed by atoms with van der Waals surface area (Å²) in [6, 6.07) is 2.29. The Labute approximate surface area is 115 Å². The molecule has 1 rings (SSSR count). The lowest BCUT2D eigenvalue weighted by molar-refractivity contribution is 0.583. The SMILES string of the molecule is CSCC(C)CNc1c(F)cc(C(N)=S)cc1F. The number of thiocarbonyl (C=S) groups is 1. The van der Waals surface area contributed by atoms with Crippen molar-refractivity contribution >= 4 is 34.7 Å². The van der Waals surface area contributed by atoms with E-state index >= 15 is 0 Å². The highest BCUT2D eigenvalue weighted by Gasteiger charge is 2.13. The first-order valence-corrected chi connectivity index (χ1v) is 7.27. The number of rotatable bonds is 6. The van der Waals surface area contributed by atoms with E-state index < -0.39 is 11.6 Å². The number of thioether (sulfide) groups is 1. The topological polar surface area (TPSA) is 38.0 Å². The molecule has 1 unspecified atom stereocenters. The molecule has 3 N–H and O–H groups in total. The van der Waals surface area contributed by atoms with Crippen LogP contribution in [0.5, 0.6) is 0 Å². The smallest absolute Gasteiger partial charge is 0.150 e. The average Bonchev–Trinajstić information content (AvgIpc) is 2.27. The zero-order valence-electron chi connectivity index (χ0n) is 10.3. The van der Waals surface area contributed by atoms with E-state index in [2.05, 4.69) is 17.5 Å². The van der Waals surface area contributed by atoms with Crippen LogP contribution in [-0.4, -0.2) is 23.5 Å². The molecule has 6 heteroatoms. The second-order valence-corrected chi connectivity index (χ2v) is 5.47. The fourth-order valence-corrected chi connectivity index (χ4v) is 2.31. The van der Waals surface area contributed by atoms with Gasteiger partial charge in [-0.3, -0.25) is 0 Å². The van der Waals surface area contributed by atoms with Gasteiger partial charge in [-0.2, -0.15) is 11.8 Å². The van der Waals surface area contributed by atoms with E-state index in [0.29, 0.717) is 12.5 Å². The minimum absolute atomic E-state index is 0.0184. The lowest BCUT2D eigenvalue weighted by atomic mass is 10.1. The van der Waals surface area contributed by atoms with Gasteiger partial charge in [0.15, 0.2) is 0 Å². The van der Waals surface area contributed by atoms with Crippen LogP contribution in [0.15, 0.2) is 12.1 Å². The minimum Gasteiger partial charge on any atom is -0.389 e. The Morgan fingerprint density at radius 2 is 2.00 bits per heavy atom. The molecule has 0 aliphatic rings. The molecule has 0 aliphatic heterocycles. The number of nitrogens with two attached hydrogens (primary N) is 1. The van der Waals surface area contributed by atoms with Crippen LogP contribution < -0.4 is 11.1 Å². The van der Waals surface area contributed by atoms with Gasteiger partial charge < -0.3 is 11.1 Å². The Balaban J connectivity index is 2.81. The van der Waals surface area contributed by atoms with Gasteiger partial charge in [-0.1, -0.05) is 19.1 Å². The van der Waals surface area contributed by atoms with Gasteiger partial charge in [0.25, 0.3) is 0 Å². The lowest BCUT2D eigenvalue weighted by Gasteiger charge is -2.14. The zero-order valence-corrected chi connectivity index (χ0v) is 11.9. The summed E-state index contributed by atoms with van der Waals surface area (Å²) in [6.45, 7) is 2.53. The predicted octanol–water partition coefficient (Wildman–Crippen LogP) is 3.01. The fourth-order valence-electron chi connectivity index (χ4n) is 1.50. The van der Waals surface area contributed by atoms with Crippen LogP contribution in [0.25, 0.3) is 0 Å². The van der Waals surface area contributed by atoms with Crippen molar-refractivity contribution in [2.24, 2.45) is 11.7 Å². The number of halogens is 2. The first-order valence-electron chi connectivity index (χ1n) is 5.47. The van der Waals surface area contributed by atoms with Gasteiger partial charge in [0, 0.05) is 12.1 Å². The van der Waals surface area contributed by atoms with Crippen molar-refractivity contribution in [2.75, 3.05) is 23.9 Å². The van der Waals surface area contributed by atoms with Crippen LogP contribution >= 0.6 is 24.0 Å². The molecule has 0 bridgehead atoms. The molecule has 0 spiro atoms. The molecule has 0 heterocycles. The van der Waals surface area contributed by atoms with E-state index in [1.165, 1.54) is 0 Å². The molecule has 18 heavy (non-hydrogen) atoms. The third-order valence-electron chi connectivity index (χ3n) is 2.41. The maximum Gasteiger partial charge on any atom is 0.150 e. The van der Waals surface area contributed by atoms with Crippen molar-refractivity contribution in [1.82, 2.24) is 0 Å². The molecule has 0 aromatic heterocycles. The Morgan fingerprint density at radius 3 is 2.44 bits per heavy atom. The summed E-state index contributed by atoms with van der Waals surface area (Å²) in [7, 11) is 0. The quantitative estimate of drug-likeness (QED) is 0.790. The van der Waals surface area contributed by atoms with Crippen molar-refractivity contribution in [1.29, 1.82) is 0 Å². The normalized spacial score (nSPS) is 12.2. The Morgan fingerprint density at radius 1 is 1.44 bits per heavy atom. The first-order chi connectivity index (χ1) is 8.45. The van der Waals surface area contributed by atoms with Crippen molar-refractivity contribution < 1.29 is 8.78 Å². The third kappa shape index (κ3) is 4.10. The van der Waals surface area contributed by atoms with Gasteiger partial charge in [0.1, 0.15) is 22.3 Å². The molecule has 1 atom stereocenters. The van der Waals surface area contributed by atoms with Crippen molar-refractivity contribution in [2.45, 2.75) is 6.92 Å². The summed E-state index contributed by atoms with van der Waals surface area (Å²) in [5, 5.41) is 2.78. The monoisotopic (exact) mass is 290 g/mol. The standard InChI is InChI=1S/C12H16F2N2S2/c1-7(6-18-2)5-16-11-9(13)3-8(12(15)17)4-10(11)14/h3-4,7,16H,5-6H2,1-2H3,(H2,15,17). The van der Waals surface area contributed by atoms with Crippen LogP contribution in [0.4, 0.5) is 14.5 Å². The summed E-state index contributed by atoms with van der Waals surface area (Å²) >= 11 is 6.39. The van der Waals surface area contributed by atoms with Crippen LogP contribution in [0.1, 0.15) is 12.5 Å². The van der Waals surface area contributed by atoms with E-state index in [0.717, 1.165) is 17.9 Å². The third-order valence-corrected chi connectivity index (χ3v) is 3.54. The molecule has 0 radical (unpaired) electrons. The highest BCUT2D eigenvalue weighted by molar-refractivity contribution is 7.98. The molecule has 1 aromatic rings. The number of anilines is 1. The largest absolute Gasteiger partial charge is 0.389 e.